The van der Waals surface area contributed by atoms with Crippen molar-refractivity contribution in [3.05, 3.63) is 22.7 Å². The van der Waals surface area contributed by atoms with Gasteiger partial charge in [-0.1, -0.05) is 0 Å². The number of hydrogen-bond donors (Lipinski definition) is 3. The molecule has 0 unspecified atom stereocenters. The number of hydrogen-bond acceptors (Lipinski definition) is 6. The highest BCUT2D eigenvalue weighted by atomic mass is 16.6. The van der Waals surface area contributed by atoms with Crippen LogP contribution >= 0.6 is 0 Å². The van der Waals surface area contributed by atoms with Crippen LogP contribution in [0.4, 0.5) is 5.82 Å². The van der Waals surface area contributed by atoms with Crippen LogP contribution in [0.3, 0.4) is 0 Å². The highest BCUT2D eigenvalue weighted by Crippen LogP contribution is 2.50. The zero-order valence-corrected chi connectivity index (χ0v) is 10.4. The summed E-state index contributed by atoms with van der Waals surface area (Å²) in [6, 6.07) is 1.51. The molecule has 0 amide bonds. The number of aliphatic hydroxyl groups excluding tert-OH is 2. The topological polar surface area (TPSA) is 111 Å². The number of aromatic nitrogens is 2. The van der Waals surface area contributed by atoms with E-state index >= 15 is 0 Å². The summed E-state index contributed by atoms with van der Waals surface area (Å²) >= 11 is 0. The Kier molecular flexibility index (Phi) is 2.84. The summed E-state index contributed by atoms with van der Waals surface area (Å²) in [7, 11) is 0. The van der Waals surface area contributed by atoms with E-state index in [1.165, 1.54) is 16.8 Å². The number of ether oxygens (including phenoxy) is 1. The van der Waals surface area contributed by atoms with Gasteiger partial charge in [0.2, 0.25) is 0 Å². The van der Waals surface area contributed by atoms with Crippen LogP contribution in [-0.4, -0.2) is 38.1 Å². The third-order valence-electron chi connectivity index (χ3n) is 4.02. The average Bonchev–Trinajstić information content (AvgIpc) is 3.15. The van der Waals surface area contributed by atoms with Gasteiger partial charge in [0.1, 0.15) is 17.6 Å². The van der Waals surface area contributed by atoms with Crippen LogP contribution in [0.5, 0.6) is 0 Å². The number of nitrogen functional groups attached to an aromatic ring is 1. The van der Waals surface area contributed by atoms with Crippen molar-refractivity contribution in [3.8, 4) is 0 Å². The number of aliphatic hydroxyl groups is 2. The zero-order valence-electron chi connectivity index (χ0n) is 10.4. The normalized spacial score (nSPS) is 34.6. The number of anilines is 1. The number of nitrogens with two attached hydrogens (primary N) is 1. The summed E-state index contributed by atoms with van der Waals surface area (Å²) in [6.07, 6.45) is 2.24. The summed E-state index contributed by atoms with van der Waals surface area (Å²) in [5.41, 5.74) is 3.99. The second-order valence-electron chi connectivity index (χ2n) is 5.25. The van der Waals surface area contributed by atoms with Crippen molar-refractivity contribution < 1.29 is 14.9 Å². The molecule has 104 valence electrons. The molecule has 1 aliphatic heterocycles. The summed E-state index contributed by atoms with van der Waals surface area (Å²) in [6.45, 7) is -0.244. The summed E-state index contributed by atoms with van der Waals surface area (Å²) < 4.78 is 7.13. The molecule has 2 heterocycles. The van der Waals surface area contributed by atoms with E-state index in [9.17, 15) is 15.0 Å². The van der Waals surface area contributed by atoms with Crippen molar-refractivity contribution >= 4 is 5.82 Å². The van der Waals surface area contributed by atoms with Gasteiger partial charge in [-0.15, -0.1) is 0 Å². The van der Waals surface area contributed by atoms with Crippen LogP contribution in [0, 0.1) is 5.92 Å². The first kappa shape index (κ1) is 12.6. The van der Waals surface area contributed by atoms with Gasteiger partial charge in [0, 0.05) is 12.6 Å². The van der Waals surface area contributed by atoms with Crippen molar-refractivity contribution in [1.82, 2.24) is 9.55 Å². The van der Waals surface area contributed by atoms with E-state index in [1.54, 1.807) is 0 Å². The van der Waals surface area contributed by atoms with E-state index < -0.39 is 23.6 Å². The van der Waals surface area contributed by atoms with Gasteiger partial charge in [0.15, 0.2) is 0 Å². The quantitative estimate of drug-likeness (QED) is 0.664. The highest BCUT2D eigenvalue weighted by Gasteiger charge is 2.57. The predicted octanol–water partition coefficient (Wildman–Crippen LogP) is -0.754. The zero-order chi connectivity index (χ0) is 13.6. The maximum Gasteiger partial charge on any atom is 0.351 e. The van der Waals surface area contributed by atoms with E-state index in [0.717, 1.165) is 12.8 Å². The second kappa shape index (κ2) is 4.29. The first-order valence-electron chi connectivity index (χ1n) is 6.38. The van der Waals surface area contributed by atoms with Gasteiger partial charge in [0.05, 0.1) is 12.7 Å². The van der Waals surface area contributed by atoms with Crippen molar-refractivity contribution in [2.75, 3.05) is 12.3 Å². The molecule has 7 nitrogen and oxygen atoms in total. The minimum atomic E-state index is -0.939. The molecule has 0 radical (unpaired) electrons. The molecule has 2 fully saturated rings. The third-order valence-corrected chi connectivity index (χ3v) is 4.02. The van der Waals surface area contributed by atoms with Crippen molar-refractivity contribution in [2.24, 2.45) is 5.92 Å². The predicted molar refractivity (Wildman–Crippen MR) is 66.2 cm³/mol. The second-order valence-corrected chi connectivity index (χ2v) is 5.25. The van der Waals surface area contributed by atoms with Crippen LogP contribution in [-0.2, 0) is 4.74 Å². The van der Waals surface area contributed by atoms with E-state index in [2.05, 4.69) is 4.98 Å². The van der Waals surface area contributed by atoms with E-state index in [-0.39, 0.29) is 24.8 Å². The van der Waals surface area contributed by atoms with Crippen LogP contribution in [0.15, 0.2) is 17.1 Å². The van der Waals surface area contributed by atoms with Crippen molar-refractivity contribution in [2.45, 2.75) is 37.2 Å². The van der Waals surface area contributed by atoms with E-state index in [0.29, 0.717) is 0 Å². The Morgan fingerprint density at radius 2 is 2.32 bits per heavy atom. The molecule has 1 aromatic heterocycles. The van der Waals surface area contributed by atoms with Gasteiger partial charge in [0.25, 0.3) is 0 Å². The molecule has 3 atom stereocenters. The van der Waals surface area contributed by atoms with Gasteiger partial charge >= 0.3 is 5.69 Å². The van der Waals surface area contributed by atoms with Gasteiger partial charge in [-0.25, -0.2) is 4.79 Å². The summed E-state index contributed by atoms with van der Waals surface area (Å²) in [5.74, 6) is 0.311. The minimum absolute atomic E-state index is 0.149. The lowest BCUT2D eigenvalue weighted by Gasteiger charge is -2.30. The number of rotatable bonds is 3. The largest absolute Gasteiger partial charge is 0.393 e. The minimum Gasteiger partial charge on any atom is -0.393 e. The molecule has 1 aromatic rings. The fraction of sp³-hybridized carbons (Fsp3) is 0.667. The molecule has 4 N–H and O–H groups in total. The lowest BCUT2D eigenvalue weighted by molar-refractivity contribution is -0.141. The van der Waals surface area contributed by atoms with Crippen LogP contribution in [0.25, 0.3) is 0 Å². The summed E-state index contributed by atoms with van der Waals surface area (Å²) in [5, 5.41) is 19.7. The fourth-order valence-electron chi connectivity index (χ4n) is 2.80. The Morgan fingerprint density at radius 1 is 1.58 bits per heavy atom. The Bertz CT molecular complexity index is 542. The maximum absolute atomic E-state index is 11.8. The molecule has 1 aliphatic carbocycles. The SMILES string of the molecule is Nc1ccn([C@H]2C[C@H](O)[C@](CO)(C3CC3)O2)c(=O)n1. The van der Waals surface area contributed by atoms with E-state index in [4.69, 9.17) is 10.5 Å². The lowest BCUT2D eigenvalue weighted by atomic mass is 9.92. The molecule has 19 heavy (non-hydrogen) atoms. The Labute approximate surface area is 109 Å². The molecule has 0 spiro atoms. The van der Waals surface area contributed by atoms with Crippen molar-refractivity contribution in [3.63, 3.8) is 0 Å². The van der Waals surface area contributed by atoms with Crippen LogP contribution in [0.1, 0.15) is 25.5 Å². The van der Waals surface area contributed by atoms with Crippen LogP contribution in [0.2, 0.25) is 0 Å². The molecule has 0 aromatic carbocycles. The third kappa shape index (κ3) is 1.94. The smallest absolute Gasteiger partial charge is 0.351 e. The monoisotopic (exact) mass is 267 g/mol. The van der Waals surface area contributed by atoms with Crippen molar-refractivity contribution in [1.29, 1.82) is 0 Å². The molecule has 2 aliphatic rings. The van der Waals surface area contributed by atoms with E-state index in [1.807, 2.05) is 0 Å². The Morgan fingerprint density at radius 3 is 2.89 bits per heavy atom. The first-order chi connectivity index (χ1) is 9.06. The highest BCUT2D eigenvalue weighted by molar-refractivity contribution is 5.23. The Hall–Kier alpha value is -1.44. The van der Waals surface area contributed by atoms with Gasteiger partial charge in [-0.3, -0.25) is 4.57 Å². The first-order valence-corrected chi connectivity index (χ1v) is 6.38. The lowest BCUT2D eigenvalue weighted by Crippen LogP contribution is -2.45. The average molecular weight is 267 g/mol. The maximum atomic E-state index is 11.8. The molecular formula is C12H17N3O4. The van der Waals surface area contributed by atoms with Gasteiger partial charge in [-0.2, -0.15) is 4.98 Å². The molecule has 3 rings (SSSR count). The fourth-order valence-corrected chi connectivity index (χ4v) is 2.80. The molecule has 7 heteroatoms. The Balaban J connectivity index is 1.90. The standard InChI is InChI=1S/C12H17N3O4/c13-9-3-4-15(11(18)14-9)10-5-8(17)12(6-16,19-10)7-1-2-7/h3-4,7-8,10,16-17H,1-2,5-6H2,(H2,13,14,18)/t8-,10+,12-/m0/s1. The molecule has 0 bridgehead atoms. The van der Waals surface area contributed by atoms with Crippen LogP contribution < -0.4 is 11.4 Å². The number of nitrogens with zero attached hydrogens (tertiary/aromatic N) is 2. The molecular weight excluding hydrogens is 250 g/mol. The molecule has 1 saturated heterocycles. The summed E-state index contributed by atoms with van der Waals surface area (Å²) in [4.78, 5) is 15.4. The molecule has 1 saturated carbocycles. The van der Waals surface area contributed by atoms with Gasteiger partial charge in [-0.05, 0) is 24.8 Å². The van der Waals surface area contributed by atoms with Gasteiger partial charge < -0.3 is 20.7 Å².